The SMILES string of the molecule is NC1(c2ccc(-c3nc(N4CC[C@@H]4CF)nc4c3CCC4(F)F)cc2)COC1. The van der Waals surface area contributed by atoms with Crippen molar-refractivity contribution in [2.75, 3.05) is 31.3 Å². The summed E-state index contributed by atoms with van der Waals surface area (Å²) in [5.74, 6) is -2.79. The Hall–Kier alpha value is -2.19. The van der Waals surface area contributed by atoms with Crippen molar-refractivity contribution in [1.29, 1.82) is 0 Å². The van der Waals surface area contributed by atoms with E-state index in [9.17, 15) is 13.2 Å². The molecule has 1 atom stereocenters. The standard InChI is InChI=1S/C20H21F3N4O/c21-9-14-6-8-27(14)18-25-16(15-5-7-20(22,23)17(15)26-18)12-1-3-13(4-2-12)19(24)10-28-11-19/h1-4,14H,5-11,24H2/t14-/m1/s1. The van der Waals surface area contributed by atoms with Crippen LogP contribution in [0.2, 0.25) is 0 Å². The van der Waals surface area contributed by atoms with Crippen molar-refractivity contribution < 1.29 is 17.9 Å². The largest absolute Gasteiger partial charge is 0.377 e. The second-order valence-corrected chi connectivity index (χ2v) is 7.92. The van der Waals surface area contributed by atoms with Gasteiger partial charge in [-0.2, -0.15) is 8.78 Å². The van der Waals surface area contributed by atoms with Crippen molar-refractivity contribution in [2.45, 2.75) is 36.8 Å². The lowest BCUT2D eigenvalue weighted by molar-refractivity contribution is -0.0569. The third kappa shape index (κ3) is 2.62. The van der Waals surface area contributed by atoms with Gasteiger partial charge < -0.3 is 15.4 Å². The molecule has 1 aliphatic carbocycles. The van der Waals surface area contributed by atoms with Crippen LogP contribution in [-0.4, -0.2) is 42.4 Å². The highest BCUT2D eigenvalue weighted by Crippen LogP contribution is 2.45. The Morgan fingerprint density at radius 3 is 2.50 bits per heavy atom. The molecule has 2 fully saturated rings. The number of aromatic nitrogens is 2. The molecule has 5 rings (SSSR count). The van der Waals surface area contributed by atoms with Crippen molar-refractivity contribution in [3.05, 3.63) is 41.1 Å². The molecule has 8 heteroatoms. The van der Waals surface area contributed by atoms with Crippen LogP contribution in [0.3, 0.4) is 0 Å². The highest BCUT2D eigenvalue weighted by molar-refractivity contribution is 5.67. The molecule has 2 aromatic rings. The minimum absolute atomic E-state index is 0.191. The van der Waals surface area contributed by atoms with Crippen molar-refractivity contribution in [2.24, 2.45) is 5.73 Å². The molecule has 0 amide bonds. The molecule has 0 saturated carbocycles. The number of ether oxygens (including phenoxy) is 1. The zero-order chi connectivity index (χ0) is 19.5. The number of fused-ring (bicyclic) bond motifs is 1. The van der Waals surface area contributed by atoms with Crippen LogP contribution in [0.15, 0.2) is 24.3 Å². The molecule has 28 heavy (non-hydrogen) atoms. The maximum Gasteiger partial charge on any atom is 0.290 e. The van der Waals surface area contributed by atoms with E-state index in [4.69, 9.17) is 10.5 Å². The number of nitrogens with two attached hydrogens (primary N) is 1. The molecular weight excluding hydrogens is 369 g/mol. The molecule has 0 spiro atoms. The predicted molar refractivity (Wildman–Crippen MR) is 98.1 cm³/mol. The van der Waals surface area contributed by atoms with Crippen LogP contribution in [0, 0.1) is 0 Å². The number of hydrogen-bond acceptors (Lipinski definition) is 5. The number of hydrogen-bond donors (Lipinski definition) is 1. The molecule has 2 aliphatic heterocycles. The summed E-state index contributed by atoms with van der Waals surface area (Å²) in [7, 11) is 0. The van der Waals surface area contributed by atoms with Gasteiger partial charge in [0.25, 0.3) is 5.92 Å². The lowest BCUT2D eigenvalue weighted by Crippen LogP contribution is -2.54. The third-order valence-corrected chi connectivity index (χ3v) is 6.06. The fourth-order valence-corrected chi connectivity index (χ4v) is 4.09. The van der Waals surface area contributed by atoms with E-state index >= 15 is 0 Å². The Labute approximate surface area is 160 Å². The average molecular weight is 390 g/mol. The number of alkyl halides is 3. The molecule has 5 nitrogen and oxygen atoms in total. The number of rotatable bonds is 4. The first kappa shape index (κ1) is 17.9. The van der Waals surface area contributed by atoms with E-state index in [-0.39, 0.29) is 30.5 Å². The van der Waals surface area contributed by atoms with Gasteiger partial charge in [0.15, 0.2) is 0 Å². The van der Waals surface area contributed by atoms with Crippen molar-refractivity contribution in [1.82, 2.24) is 9.97 Å². The first-order valence-corrected chi connectivity index (χ1v) is 9.51. The summed E-state index contributed by atoms with van der Waals surface area (Å²) < 4.78 is 47.2. The van der Waals surface area contributed by atoms with Gasteiger partial charge in [-0.1, -0.05) is 24.3 Å². The van der Waals surface area contributed by atoms with E-state index in [2.05, 4.69) is 9.97 Å². The van der Waals surface area contributed by atoms with Gasteiger partial charge in [0.1, 0.15) is 12.4 Å². The summed E-state index contributed by atoms with van der Waals surface area (Å²) >= 11 is 0. The van der Waals surface area contributed by atoms with Crippen LogP contribution in [0.1, 0.15) is 29.7 Å². The van der Waals surface area contributed by atoms with Crippen molar-refractivity contribution in [3.63, 3.8) is 0 Å². The van der Waals surface area contributed by atoms with Crippen molar-refractivity contribution >= 4 is 5.95 Å². The molecule has 0 radical (unpaired) electrons. The molecule has 1 aromatic carbocycles. The number of halogens is 3. The average Bonchev–Trinajstić information content (AvgIpc) is 2.94. The Morgan fingerprint density at radius 2 is 1.93 bits per heavy atom. The van der Waals surface area contributed by atoms with E-state index < -0.39 is 18.1 Å². The topological polar surface area (TPSA) is 64.3 Å². The Kier molecular flexibility index (Phi) is 3.93. The molecule has 2 saturated heterocycles. The maximum absolute atomic E-state index is 14.4. The van der Waals surface area contributed by atoms with Crippen LogP contribution in [0.4, 0.5) is 19.1 Å². The summed E-state index contributed by atoms with van der Waals surface area (Å²) in [6.07, 6.45) is 0.625. The summed E-state index contributed by atoms with van der Waals surface area (Å²) in [5.41, 5.74) is 8.22. The smallest absolute Gasteiger partial charge is 0.290 e. The molecule has 1 aromatic heterocycles. The maximum atomic E-state index is 14.4. The predicted octanol–water partition coefficient (Wildman–Crippen LogP) is 2.91. The summed E-state index contributed by atoms with van der Waals surface area (Å²) in [5, 5.41) is 0. The molecule has 3 heterocycles. The van der Waals surface area contributed by atoms with Gasteiger partial charge >= 0.3 is 0 Å². The van der Waals surface area contributed by atoms with Crippen LogP contribution in [0.25, 0.3) is 11.3 Å². The third-order valence-electron chi connectivity index (χ3n) is 6.06. The quantitative estimate of drug-likeness (QED) is 0.870. The highest BCUT2D eigenvalue weighted by atomic mass is 19.3. The molecule has 3 aliphatic rings. The van der Waals surface area contributed by atoms with Crippen LogP contribution >= 0.6 is 0 Å². The second kappa shape index (κ2) is 6.15. The van der Waals surface area contributed by atoms with Crippen molar-refractivity contribution in [3.8, 4) is 11.3 Å². The van der Waals surface area contributed by atoms with E-state index in [1.165, 1.54) is 0 Å². The molecule has 0 unspecified atom stereocenters. The van der Waals surface area contributed by atoms with Gasteiger partial charge in [0, 0.05) is 24.1 Å². The fraction of sp³-hybridized carbons (Fsp3) is 0.500. The zero-order valence-corrected chi connectivity index (χ0v) is 15.3. The van der Waals surface area contributed by atoms with Crippen LogP contribution < -0.4 is 10.6 Å². The van der Waals surface area contributed by atoms with Gasteiger partial charge in [-0.3, -0.25) is 0 Å². The van der Waals surface area contributed by atoms with E-state index in [1.54, 1.807) is 4.90 Å². The second-order valence-electron chi connectivity index (χ2n) is 7.92. The first-order chi connectivity index (χ1) is 13.4. The molecule has 2 N–H and O–H groups in total. The van der Waals surface area contributed by atoms with E-state index in [1.807, 2.05) is 24.3 Å². The number of anilines is 1. The number of nitrogens with zero attached hydrogens (tertiary/aromatic N) is 3. The molecule has 0 bridgehead atoms. The highest BCUT2D eigenvalue weighted by Gasteiger charge is 2.44. The van der Waals surface area contributed by atoms with Gasteiger partial charge in [-0.15, -0.1) is 0 Å². The summed E-state index contributed by atoms with van der Waals surface area (Å²) in [6, 6.07) is 7.17. The lowest BCUT2D eigenvalue weighted by Gasteiger charge is -2.39. The van der Waals surface area contributed by atoms with Gasteiger partial charge in [0.2, 0.25) is 5.95 Å². The normalized spacial score (nSPS) is 24.4. The summed E-state index contributed by atoms with van der Waals surface area (Å²) in [6.45, 7) is 0.963. The Bertz CT molecular complexity index is 912. The van der Waals surface area contributed by atoms with E-state index in [0.29, 0.717) is 37.4 Å². The van der Waals surface area contributed by atoms with Crippen LogP contribution in [-0.2, 0) is 22.6 Å². The van der Waals surface area contributed by atoms with Crippen LogP contribution in [0.5, 0.6) is 0 Å². The van der Waals surface area contributed by atoms with E-state index in [0.717, 1.165) is 11.1 Å². The molecule has 148 valence electrons. The number of benzene rings is 1. The minimum Gasteiger partial charge on any atom is -0.377 e. The van der Waals surface area contributed by atoms with Gasteiger partial charge in [0.05, 0.1) is 30.5 Å². The van der Waals surface area contributed by atoms with Gasteiger partial charge in [-0.25, -0.2) is 14.4 Å². The molecular formula is C20H21F3N4O. The zero-order valence-electron chi connectivity index (χ0n) is 15.3. The minimum atomic E-state index is -2.98. The summed E-state index contributed by atoms with van der Waals surface area (Å²) in [4.78, 5) is 10.4. The Morgan fingerprint density at radius 1 is 1.18 bits per heavy atom. The lowest BCUT2D eigenvalue weighted by atomic mass is 9.88. The first-order valence-electron chi connectivity index (χ1n) is 9.51. The monoisotopic (exact) mass is 390 g/mol. The van der Waals surface area contributed by atoms with Gasteiger partial charge in [-0.05, 0) is 18.4 Å². The fourth-order valence-electron chi connectivity index (χ4n) is 4.09. The Balaban J connectivity index is 1.58.